The fourth-order valence-corrected chi connectivity index (χ4v) is 4.34. The van der Waals surface area contributed by atoms with Gasteiger partial charge in [0.05, 0.1) is 0 Å². The highest BCUT2D eigenvalue weighted by molar-refractivity contribution is 9.10. The summed E-state index contributed by atoms with van der Waals surface area (Å²) in [4.78, 5) is 26.0. The number of nitrogens with zero attached hydrogens (tertiary/aromatic N) is 1. The number of ether oxygens (including phenoxy) is 1. The van der Waals surface area contributed by atoms with Crippen molar-refractivity contribution < 1.29 is 13.9 Å². The number of para-hydroxylation sites is 1. The second kappa shape index (κ2) is 5.47. The van der Waals surface area contributed by atoms with Gasteiger partial charge in [0.1, 0.15) is 22.6 Å². The van der Waals surface area contributed by atoms with Crippen LogP contribution in [0, 0.1) is 11.3 Å². The van der Waals surface area contributed by atoms with Crippen LogP contribution in [-0.4, -0.2) is 5.91 Å². The lowest BCUT2D eigenvalue weighted by Gasteiger charge is -2.33. The fraction of sp³-hybridized carbons (Fsp3) is 0.0500. The average Bonchev–Trinajstić information content (AvgIpc) is 2.94. The maximum absolute atomic E-state index is 13.4. The first-order chi connectivity index (χ1) is 13.5. The molecule has 1 spiro atoms. The zero-order chi connectivity index (χ0) is 19.6. The van der Waals surface area contributed by atoms with E-state index in [4.69, 9.17) is 14.9 Å². The van der Waals surface area contributed by atoms with E-state index in [9.17, 15) is 14.9 Å². The van der Waals surface area contributed by atoms with E-state index in [0.29, 0.717) is 21.1 Å². The summed E-state index contributed by atoms with van der Waals surface area (Å²) in [6, 6.07) is 14.0. The first kappa shape index (κ1) is 16.6. The van der Waals surface area contributed by atoms with Crippen molar-refractivity contribution >= 4 is 38.5 Å². The van der Waals surface area contributed by atoms with E-state index in [-0.39, 0.29) is 28.4 Å². The topological polar surface area (TPSA) is 118 Å². The van der Waals surface area contributed by atoms with Crippen molar-refractivity contribution in [3.8, 4) is 11.8 Å². The molecule has 0 saturated heterocycles. The number of carbonyl (C=O) groups excluding carboxylic acids is 1. The smallest absolute Gasteiger partial charge is 0.380 e. The molecule has 3 aromatic rings. The first-order valence-electron chi connectivity index (χ1n) is 8.24. The van der Waals surface area contributed by atoms with Crippen LogP contribution in [0.15, 0.2) is 67.6 Å². The van der Waals surface area contributed by atoms with Crippen LogP contribution in [0.3, 0.4) is 0 Å². The largest absolute Gasteiger partial charge is 0.432 e. The van der Waals surface area contributed by atoms with Gasteiger partial charge in [-0.2, -0.15) is 5.26 Å². The number of halogens is 1. The predicted molar refractivity (Wildman–Crippen MR) is 103 cm³/mol. The van der Waals surface area contributed by atoms with Gasteiger partial charge in [0.25, 0.3) is 0 Å². The second-order valence-electron chi connectivity index (χ2n) is 6.44. The Morgan fingerprint density at radius 3 is 2.75 bits per heavy atom. The zero-order valence-corrected chi connectivity index (χ0v) is 15.7. The third kappa shape index (κ3) is 1.86. The van der Waals surface area contributed by atoms with Gasteiger partial charge in [-0.25, -0.2) is 4.79 Å². The van der Waals surface area contributed by atoms with E-state index >= 15 is 0 Å². The summed E-state index contributed by atoms with van der Waals surface area (Å²) >= 11 is 3.42. The van der Waals surface area contributed by atoms with Gasteiger partial charge < -0.3 is 20.2 Å². The number of hydrogen-bond donors (Lipinski definition) is 2. The molecule has 28 heavy (non-hydrogen) atoms. The number of hydrogen-bond acceptors (Lipinski definition) is 6. The summed E-state index contributed by atoms with van der Waals surface area (Å²) in [7, 11) is 0. The zero-order valence-electron chi connectivity index (χ0n) is 14.1. The van der Waals surface area contributed by atoms with Crippen LogP contribution < -0.4 is 21.4 Å². The number of nitriles is 1. The van der Waals surface area contributed by atoms with Gasteiger partial charge in [0.15, 0.2) is 0 Å². The van der Waals surface area contributed by atoms with Gasteiger partial charge >= 0.3 is 5.63 Å². The SMILES string of the molecule is N#CC1=C(N)Oc2c(c3ccccc3oc2=O)[C@@]12C(=O)Nc1ccc(Br)cc12. The number of nitrogens with one attached hydrogen (secondary N) is 1. The Morgan fingerprint density at radius 1 is 1.18 bits per heavy atom. The average molecular weight is 436 g/mol. The quantitative estimate of drug-likeness (QED) is 0.524. The van der Waals surface area contributed by atoms with Crippen LogP contribution in [0.5, 0.6) is 5.75 Å². The van der Waals surface area contributed by atoms with Crippen molar-refractivity contribution in [2.45, 2.75) is 5.41 Å². The molecule has 7 nitrogen and oxygen atoms in total. The Kier molecular flexibility index (Phi) is 3.24. The highest BCUT2D eigenvalue weighted by atomic mass is 79.9. The predicted octanol–water partition coefficient (Wildman–Crippen LogP) is 2.88. The Balaban J connectivity index is 2.06. The van der Waals surface area contributed by atoms with E-state index in [1.165, 1.54) is 0 Å². The minimum Gasteiger partial charge on any atom is -0.432 e. The molecule has 5 rings (SSSR count). The molecule has 0 bridgehead atoms. The van der Waals surface area contributed by atoms with Crippen LogP contribution in [0.1, 0.15) is 11.1 Å². The Bertz CT molecular complexity index is 1350. The van der Waals surface area contributed by atoms with Gasteiger partial charge in [-0.05, 0) is 24.3 Å². The molecule has 0 fully saturated rings. The Morgan fingerprint density at radius 2 is 1.96 bits per heavy atom. The van der Waals surface area contributed by atoms with Crippen molar-refractivity contribution in [1.82, 2.24) is 0 Å². The van der Waals surface area contributed by atoms with E-state index in [1.807, 2.05) is 6.07 Å². The summed E-state index contributed by atoms with van der Waals surface area (Å²) in [6.45, 7) is 0. The van der Waals surface area contributed by atoms with E-state index in [2.05, 4.69) is 21.2 Å². The van der Waals surface area contributed by atoms with Crippen LogP contribution in [-0.2, 0) is 10.2 Å². The molecule has 136 valence electrons. The lowest BCUT2D eigenvalue weighted by atomic mass is 9.68. The van der Waals surface area contributed by atoms with Crippen LogP contribution in [0.2, 0.25) is 0 Å². The number of benzene rings is 2. The number of fused-ring (bicyclic) bond motifs is 6. The van der Waals surface area contributed by atoms with Crippen molar-refractivity contribution in [2.75, 3.05) is 5.32 Å². The summed E-state index contributed by atoms with van der Waals surface area (Å²) in [5, 5.41) is 13.2. The fourth-order valence-electron chi connectivity index (χ4n) is 3.98. The summed E-state index contributed by atoms with van der Waals surface area (Å²) in [6.07, 6.45) is 0. The lowest BCUT2D eigenvalue weighted by Crippen LogP contribution is -2.43. The molecule has 1 aromatic heterocycles. The lowest BCUT2D eigenvalue weighted by molar-refractivity contribution is -0.118. The minimum atomic E-state index is -1.62. The summed E-state index contributed by atoms with van der Waals surface area (Å²) in [5.74, 6) is -0.987. The number of nitrogens with two attached hydrogens (primary N) is 1. The van der Waals surface area contributed by atoms with Gasteiger partial charge in [-0.1, -0.05) is 34.1 Å². The van der Waals surface area contributed by atoms with Crippen molar-refractivity contribution in [1.29, 1.82) is 5.26 Å². The molecule has 2 aromatic carbocycles. The number of rotatable bonds is 0. The monoisotopic (exact) mass is 435 g/mol. The molecule has 0 unspecified atom stereocenters. The number of anilines is 1. The van der Waals surface area contributed by atoms with Gasteiger partial charge in [-0.3, -0.25) is 4.79 Å². The third-order valence-corrected chi connectivity index (χ3v) is 5.56. The third-order valence-electron chi connectivity index (χ3n) is 5.07. The van der Waals surface area contributed by atoms with Crippen LogP contribution in [0.25, 0.3) is 11.0 Å². The molecule has 1 amide bonds. The Hall–Kier alpha value is -3.57. The highest BCUT2D eigenvalue weighted by Crippen LogP contribution is 2.54. The Labute approximate surface area is 166 Å². The number of carbonyl (C=O) groups is 1. The normalized spacial score (nSPS) is 19.8. The molecule has 2 aliphatic heterocycles. The molecule has 2 aliphatic rings. The molecule has 0 radical (unpaired) electrons. The number of amides is 1. The van der Waals surface area contributed by atoms with Crippen LogP contribution >= 0.6 is 15.9 Å². The van der Waals surface area contributed by atoms with E-state index in [0.717, 1.165) is 0 Å². The summed E-state index contributed by atoms with van der Waals surface area (Å²) < 4.78 is 11.5. The van der Waals surface area contributed by atoms with E-state index < -0.39 is 16.9 Å². The molecule has 0 saturated carbocycles. The molecule has 0 aliphatic carbocycles. The standard InChI is InChI=1S/C20H10BrN3O4/c21-9-5-6-13-11(7-9)20(19(26)24-13)12(8-22)17(23)28-16-15(20)10-3-1-2-4-14(10)27-18(16)25/h1-7H,23H2,(H,24,26)/t20-/m0/s1. The highest BCUT2D eigenvalue weighted by Gasteiger charge is 2.58. The maximum Gasteiger partial charge on any atom is 0.380 e. The maximum atomic E-state index is 13.4. The van der Waals surface area contributed by atoms with Gasteiger partial charge in [-0.15, -0.1) is 0 Å². The van der Waals surface area contributed by atoms with Crippen molar-refractivity contribution in [2.24, 2.45) is 5.73 Å². The van der Waals surface area contributed by atoms with Crippen LogP contribution in [0.4, 0.5) is 5.69 Å². The molecular weight excluding hydrogens is 426 g/mol. The molecule has 8 heteroatoms. The first-order valence-corrected chi connectivity index (χ1v) is 9.03. The van der Waals surface area contributed by atoms with Gasteiger partial charge in [0, 0.05) is 26.7 Å². The molecular formula is C20H10BrN3O4. The molecule has 3 N–H and O–H groups in total. The summed E-state index contributed by atoms with van der Waals surface area (Å²) in [5.41, 5.74) is 5.08. The molecule has 3 heterocycles. The second-order valence-corrected chi connectivity index (χ2v) is 7.35. The van der Waals surface area contributed by atoms with Gasteiger partial charge in [0.2, 0.25) is 17.5 Å². The minimum absolute atomic E-state index is 0.0786. The van der Waals surface area contributed by atoms with E-state index in [1.54, 1.807) is 42.5 Å². The molecule has 1 atom stereocenters. The van der Waals surface area contributed by atoms with Crippen molar-refractivity contribution in [3.05, 3.63) is 79.9 Å². The van der Waals surface area contributed by atoms with Crippen molar-refractivity contribution in [3.63, 3.8) is 0 Å².